The summed E-state index contributed by atoms with van der Waals surface area (Å²) in [4.78, 5) is 27.0. The molecule has 2 aliphatic heterocycles. The molecule has 0 N–H and O–H groups in total. The normalized spacial score (nSPS) is 24.7. The third-order valence-corrected chi connectivity index (χ3v) is 6.82. The van der Waals surface area contributed by atoms with Crippen LogP contribution in [0.15, 0.2) is 70.9 Å². The van der Waals surface area contributed by atoms with Gasteiger partial charge in [-0.1, -0.05) is 72.6 Å². The Kier molecular flexibility index (Phi) is 4.82. The van der Waals surface area contributed by atoms with Crippen LogP contribution in [-0.2, 0) is 4.79 Å². The molecule has 2 aliphatic rings. The van der Waals surface area contributed by atoms with Gasteiger partial charge < -0.3 is 0 Å². The number of thiocarbonyl (C=S) groups is 2. The first-order valence-electron chi connectivity index (χ1n) is 8.40. The van der Waals surface area contributed by atoms with Gasteiger partial charge in [-0.05, 0) is 36.4 Å². The first-order chi connectivity index (χ1) is 13.5. The largest absolute Gasteiger partial charge is 0.273 e. The van der Waals surface area contributed by atoms with Crippen LogP contribution in [0.2, 0.25) is 0 Å². The molecule has 0 saturated carbocycles. The molecule has 0 bridgehead atoms. The Morgan fingerprint density at radius 2 is 1.61 bits per heavy atom. The van der Waals surface area contributed by atoms with E-state index in [1.54, 1.807) is 19.1 Å². The lowest BCUT2D eigenvalue weighted by atomic mass is 9.90. The molecule has 1 saturated heterocycles. The van der Waals surface area contributed by atoms with E-state index in [1.165, 1.54) is 9.91 Å². The van der Waals surface area contributed by atoms with Gasteiger partial charge in [0.25, 0.3) is 0 Å². The molecule has 2 unspecified atom stereocenters. The van der Waals surface area contributed by atoms with Gasteiger partial charge in [-0.15, -0.1) is 4.91 Å². The highest BCUT2D eigenvalue weighted by Gasteiger charge is 2.61. The Bertz CT molecular complexity index is 1010. The van der Waals surface area contributed by atoms with E-state index in [0.717, 1.165) is 11.8 Å². The van der Waals surface area contributed by atoms with E-state index in [0.29, 0.717) is 21.4 Å². The molecular formula is C19H14N4O2S3. The van der Waals surface area contributed by atoms with Crippen molar-refractivity contribution in [2.45, 2.75) is 17.7 Å². The van der Waals surface area contributed by atoms with Crippen LogP contribution in [0.25, 0.3) is 0 Å². The standard InChI is InChI=1S/C19H14N4O2S3/c1-12-19(21-25,17(26)23(20-12)14-10-6-3-7-11-14)15-16(24)22(18(27)28-15)13-8-4-2-5-9-13/h2-11,15H,1H3. The zero-order valence-electron chi connectivity index (χ0n) is 14.7. The van der Waals surface area contributed by atoms with Crippen molar-refractivity contribution in [3.05, 3.63) is 65.6 Å². The first kappa shape index (κ1) is 18.9. The van der Waals surface area contributed by atoms with Gasteiger partial charge in [0, 0.05) is 0 Å². The Hall–Kier alpha value is -2.49. The third-order valence-electron chi connectivity index (χ3n) is 4.70. The molecule has 140 valence electrons. The summed E-state index contributed by atoms with van der Waals surface area (Å²) in [5.74, 6) is -0.326. The lowest BCUT2D eigenvalue weighted by Crippen LogP contribution is -2.54. The van der Waals surface area contributed by atoms with Gasteiger partial charge in [-0.3, -0.25) is 9.69 Å². The minimum Gasteiger partial charge on any atom is -0.273 e. The average molecular weight is 427 g/mol. The summed E-state index contributed by atoms with van der Waals surface area (Å²) in [5.41, 5.74) is 0.155. The van der Waals surface area contributed by atoms with Crippen molar-refractivity contribution in [3.63, 3.8) is 0 Å². The summed E-state index contributed by atoms with van der Waals surface area (Å²) < 4.78 is 0.359. The number of para-hydroxylation sites is 2. The number of thioether (sulfide) groups is 1. The van der Waals surface area contributed by atoms with Crippen LogP contribution in [0.3, 0.4) is 0 Å². The van der Waals surface area contributed by atoms with E-state index in [2.05, 4.69) is 10.3 Å². The zero-order chi connectivity index (χ0) is 19.9. The molecule has 2 aromatic carbocycles. The fourth-order valence-electron chi connectivity index (χ4n) is 3.27. The smallest absolute Gasteiger partial charge is 0.249 e. The highest BCUT2D eigenvalue weighted by atomic mass is 32.2. The van der Waals surface area contributed by atoms with Crippen molar-refractivity contribution in [1.29, 1.82) is 0 Å². The minimum absolute atomic E-state index is 0.176. The monoisotopic (exact) mass is 426 g/mol. The Morgan fingerprint density at radius 1 is 1.04 bits per heavy atom. The van der Waals surface area contributed by atoms with E-state index >= 15 is 0 Å². The number of nitroso groups, excluding NO2 is 1. The molecule has 0 aromatic heterocycles. The number of carbonyl (C=O) groups excluding carboxylic acids is 1. The second-order valence-corrected chi connectivity index (χ2v) is 8.39. The highest BCUT2D eigenvalue weighted by molar-refractivity contribution is 8.25. The van der Waals surface area contributed by atoms with Gasteiger partial charge in [0.2, 0.25) is 11.4 Å². The predicted octanol–water partition coefficient (Wildman–Crippen LogP) is 4.15. The van der Waals surface area contributed by atoms with Crippen molar-refractivity contribution in [2.75, 3.05) is 9.91 Å². The van der Waals surface area contributed by atoms with Crippen molar-refractivity contribution in [3.8, 4) is 0 Å². The molecule has 0 spiro atoms. The second kappa shape index (κ2) is 7.16. The molecule has 2 heterocycles. The summed E-state index contributed by atoms with van der Waals surface area (Å²) in [7, 11) is 0. The zero-order valence-corrected chi connectivity index (χ0v) is 17.1. The van der Waals surface area contributed by atoms with E-state index < -0.39 is 10.8 Å². The molecule has 28 heavy (non-hydrogen) atoms. The summed E-state index contributed by atoms with van der Waals surface area (Å²) in [6.07, 6.45) is 0. The van der Waals surface area contributed by atoms with Crippen molar-refractivity contribution >= 4 is 68.5 Å². The van der Waals surface area contributed by atoms with Crippen molar-refractivity contribution < 1.29 is 4.79 Å². The topological polar surface area (TPSA) is 65.3 Å². The van der Waals surface area contributed by atoms with E-state index in [9.17, 15) is 9.70 Å². The number of anilines is 2. The predicted molar refractivity (Wildman–Crippen MR) is 121 cm³/mol. The minimum atomic E-state index is -1.57. The fourth-order valence-corrected chi connectivity index (χ4v) is 5.48. The summed E-state index contributed by atoms with van der Waals surface area (Å²) in [6, 6.07) is 18.3. The first-order valence-corrected chi connectivity index (χ1v) is 10.1. The lowest BCUT2D eigenvalue weighted by molar-refractivity contribution is -0.117. The number of hydrogen-bond acceptors (Lipinski definition) is 7. The average Bonchev–Trinajstić information content (AvgIpc) is 3.16. The lowest BCUT2D eigenvalue weighted by Gasteiger charge is -2.27. The van der Waals surface area contributed by atoms with Gasteiger partial charge >= 0.3 is 0 Å². The molecule has 2 atom stereocenters. The number of amides is 1. The third kappa shape index (κ3) is 2.69. The van der Waals surface area contributed by atoms with Crippen LogP contribution in [-0.4, -0.2) is 31.7 Å². The van der Waals surface area contributed by atoms with Gasteiger partial charge in [0.05, 0.1) is 17.1 Å². The van der Waals surface area contributed by atoms with Crippen molar-refractivity contribution in [1.82, 2.24) is 0 Å². The van der Waals surface area contributed by atoms with Crippen LogP contribution in [0, 0.1) is 4.91 Å². The molecule has 1 fully saturated rings. The molecule has 0 radical (unpaired) electrons. The molecule has 2 aromatic rings. The molecule has 0 aliphatic carbocycles. The number of nitrogens with zero attached hydrogens (tertiary/aromatic N) is 4. The van der Waals surface area contributed by atoms with Crippen LogP contribution >= 0.6 is 36.2 Å². The van der Waals surface area contributed by atoms with Crippen molar-refractivity contribution in [2.24, 2.45) is 10.3 Å². The van der Waals surface area contributed by atoms with Gasteiger partial charge in [-0.25, -0.2) is 5.01 Å². The Labute approximate surface area is 176 Å². The number of benzene rings is 2. The number of carbonyl (C=O) groups is 1. The maximum atomic E-state index is 13.3. The summed E-state index contributed by atoms with van der Waals surface area (Å²) in [6.45, 7) is 1.67. The van der Waals surface area contributed by atoms with Crippen LogP contribution in [0.4, 0.5) is 11.4 Å². The van der Waals surface area contributed by atoms with E-state index in [-0.39, 0.29) is 10.9 Å². The van der Waals surface area contributed by atoms with Crippen LogP contribution < -0.4 is 9.91 Å². The summed E-state index contributed by atoms with van der Waals surface area (Å²) in [5, 5.41) is 8.41. The quantitative estimate of drug-likeness (QED) is 0.541. The molecular weight excluding hydrogens is 412 g/mol. The Balaban J connectivity index is 1.74. The van der Waals surface area contributed by atoms with Gasteiger partial charge in [0.1, 0.15) is 14.6 Å². The van der Waals surface area contributed by atoms with Gasteiger partial charge in [0.15, 0.2) is 0 Å². The number of hydrogen-bond donors (Lipinski definition) is 0. The molecule has 6 nitrogen and oxygen atoms in total. The van der Waals surface area contributed by atoms with Crippen LogP contribution in [0.1, 0.15) is 6.92 Å². The van der Waals surface area contributed by atoms with Crippen LogP contribution in [0.5, 0.6) is 0 Å². The SMILES string of the molecule is CC1=NN(c2ccccc2)C(=S)C1(N=O)C1SC(=S)N(c2ccccc2)C1=O. The molecule has 1 amide bonds. The Morgan fingerprint density at radius 3 is 2.18 bits per heavy atom. The number of rotatable bonds is 4. The van der Waals surface area contributed by atoms with E-state index in [1.807, 2.05) is 48.5 Å². The highest BCUT2D eigenvalue weighted by Crippen LogP contribution is 2.44. The second-order valence-electron chi connectivity index (χ2n) is 6.27. The van der Waals surface area contributed by atoms with Gasteiger partial charge in [-0.2, -0.15) is 5.10 Å². The fraction of sp³-hybridized carbons (Fsp3) is 0.158. The molecule has 9 heteroatoms. The summed E-state index contributed by atoms with van der Waals surface area (Å²) >= 11 is 12.2. The maximum Gasteiger partial charge on any atom is 0.249 e. The van der Waals surface area contributed by atoms with E-state index in [4.69, 9.17) is 24.4 Å². The maximum absolute atomic E-state index is 13.3. The molecule has 4 rings (SSSR count). The number of hydrazone groups is 1.